The van der Waals surface area contributed by atoms with E-state index >= 15 is 0 Å². The summed E-state index contributed by atoms with van der Waals surface area (Å²) in [5, 5.41) is 18.4. The first kappa shape index (κ1) is 47.9. The van der Waals surface area contributed by atoms with Gasteiger partial charge < -0.3 is 35.0 Å². The van der Waals surface area contributed by atoms with Crippen LogP contribution in [0.4, 0.5) is 0 Å². The van der Waals surface area contributed by atoms with Crippen LogP contribution in [0, 0.1) is 23.7 Å². The molecule has 1 aromatic carbocycles. The lowest BCUT2D eigenvalue weighted by molar-refractivity contribution is -0.148. The van der Waals surface area contributed by atoms with E-state index in [1.165, 1.54) is 11.3 Å². The van der Waals surface area contributed by atoms with Crippen LogP contribution >= 0.6 is 11.3 Å². The largest absolute Gasteiger partial charge is 0.390 e. The predicted octanol–water partition coefficient (Wildman–Crippen LogP) is 4.68. The maximum Gasteiger partial charge on any atom is 0.245 e. The molecule has 0 bridgehead atoms. The van der Waals surface area contributed by atoms with Gasteiger partial charge in [0.15, 0.2) is 0 Å². The summed E-state index contributed by atoms with van der Waals surface area (Å²) >= 11 is 1.40. The molecule has 0 spiro atoms. The van der Waals surface area contributed by atoms with Gasteiger partial charge in [-0.25, -0.2) is 4.98 Å². The van der Waals surface area contributed by atoms with Gasteiger partial charge in [0.25, 0.3) is 0 Å². The van der Waals surface area contributed by atoms with Crippen LogP contribution < -0.4 is 10.6 Å². The number of carbonyl (C=O) groups is 4. The van der Waals surface area contributed by atoms with Crippen molar-refractivity contribution in [3.05, 3.63) is 52.0 Å². The third-order valence-electron chi connectivity index (χ3n) is 11.6. The second-order valence-electron chi connectivity index (χ2n) is 16.6. The molecule has 3 rings (SSSR count). The second kappa shape index (κ2) is 22.6. The number of hydrogen-bond donors (Lipinski definition) is 3. The van der Waals surface area contributed by atoms with Gasteiger partial charge in [0.1, 0.15) is 11.0 Å². The van der Waals surface area contributed by atoms with Crippen molar-refractivity contribution in [3.63, 3.8) is 0 Å². The van der Waals surface area contributed by atoms with E-state index in [0.29, 0.717) is 30.1 Å². The number of amides is 4. The average molecular weight is 815 g/mol. The molecule has 2 heterocycles. The number of methoxy groups -OCH3 is 2. The summed E-state index contributed by atoms with van der Waals surface area (Å²) in [6.45, 7) is 14.1. The lowest BCUT2D eigenvalue weighted by atomic mass is 9.89. The van der Waals surface area contributed by atoms with Crippen molar-refractivity contribution < 1.29 is 33.8 Å². The molecule has 1 aliphatic heterocycles. The number of aliphatic hydroxyl groups is 1. The standard InChI is InChI=1S/C43H70N6O7S/c1-13-28(6)38(48(10)43(54)36(26(2)3)46-41(53)37(27(4)5)47(8)9)34(55-11)23-35(51)49-21-17-20-33(49)39(56-12)29(7)40(52)45-32(22-30-18-15-14-16-19-30)42-44-31(24-50)25-57-42/h14-16,18-19,25-29,32-34,36-39,50H,13,17,20-24H2,1-12H3,(H,45,52)(H,46,53)/t28-,29+,32-,33-,34+,36-,37-,38-,39+/m0/s1. The maximum absolute atomic E-state index is 14.3. The van der Waals surface area contributed by atoms with Crippen molar-refractivity contribution in [2.45, 2.75) is 130 Å². The van der Waals surface area contributed by atoms with Gasteiger partial charge in [-0.05, 0) is 56.7 Å². The number of ether oxygens (including phenoxy) is 2. The highest BCUT2D eigenvalue weighted by atomic mass is 32.1. The minimum absolute atomic E-state index is 0.0228. The number of hydrogen-bond acceptors (Lipinski definition) is 10. The number of aromatic nitrogens is 1. The van der Waals surface area contributed by atoms with Crippen LogP contribution in [0.5, 0.6) is 0 Å². The highest BCUT2D eigenvalue weighted by Crippen LogP contribution is 2.31. The SMILES string of the molecule is CC[C@H](C)[C@@H]([C@@H](CC(=O)N1CCC[C@H]1[C@H](OC)[C@@H](C)C(=O)N[C@@H](Cc1ccccc1)c1nc(CO)cs1)OC)N(C)C(=O)[C@@H](NC(=O)[C@H](C(C)C)N(C)C)C(C)C. The number of likely N-dealkylation sites (tertiary alicyclic amines) is 1. The molecule has 3 N–H and O–H groups in total. The molecule has 9 atom stereocenters. The van der Waals surface area contributed by atoms with E-state index in [4.69, 9.17) is 9.47 Å². The molecule has 14 heteroatoms. The molecular formula is C43H70N6O7S. The molecule has 57 heavy (non-hydrogen) atoms. The molecule has 0 saturated carbocycles. The third kappa shape index (κ3) is 12.5. The lowest BCUT2D eigenvalue weighted by Crippen LogP contribution is -2.59. The summed E-state index contributed by atoms with van der Waals surface area (Å²) in [6.07, 6.45) is 1.52. The normalized spacial score (nSPS) is 18.8. The minimum atomic E-state index is -0.763. The molecule has 1 fully saturated rings. The monoisotopic (exact) mass is 815 g/mol. The molecule has 0 aliphatic carbocycles. The molecule has 1 aliphatic rings. The Morgan fingerprint density at radius 2 is 1.63 bits per heavy atom. The zero-order valence-corrected chi connectivity index (χ0v) is 37.2. The number of thiazole rings is 1. The van der Waals surface area contributed by atoms with E-state index in [1.54, 1.807) is 31.5 Å². The first-order valence-electron chi connectivity index (χ1n) is 20.5. The Hall–Kier alpha value is -3.43. The summed E-state index contributed by atoms with van der Waals surface area (Å²) < 4.78 is 12.1. The van der Waals surface area contributed by atoms with E-state index in [2.05, 4.69) is 22.5 Å². The van der Waals surface area contributed by atoms with Crippen LogP contribution in [0.25, 0.3) is 0 Å². The van der Waals surface area contributed by atoms with Gasteiger partial charge in [-0.3, -0.25) is 24.1 Å². The van der Waals surface area contributed by atoms with Crippen molar-refractivity contribution in [2.24, 2.45) is 23.7 Å². The first-order valence-corrected chi connectivity index (χ1v) is 21.4. The highest BCUT2D eigenvalue weighted by Gasteiger charge is 2.43. The summed E-state index contributed by atoms with van der Waals surface area (Å²) in [7, 11) is 8.61. The number of nitrogens with zero attached hydrogens (tertiary/aromatic N) is 4. The third-order valence-corrected chi connectivity index (χ3v) is 12.6. The van der Waals surface area contributed by atoms with E-state index in [0.717, 1.165) is 18.4 Å². The van der Waals surface area contributed by atoms with Crippen LogP contribution in [0.15, 0.2) is 35.7 Å². The highest BCUT2D eigenvalue weighted by molar-refractivity contribution is 7.09. The molecule has 1 saturated heterocycles. The summed E-state index contributed by atoms with van der Waals surface area (Å²) in [6, 6.07) is 7.49. The zero-order valence-electron chi connectivity index (χ0n) is 36.4. The van der Waals surface area contributed by atoms with Crippen LogP contribution in [0.2, 0.25) is 0 Å². The average Bonchev–Trinajstić information content (AvgIpc) is 3.87. The van der Waals surface area contributed by atoms with Gasteiger partial charge in [0.05, 0.1) is 61.0 Å². The van der Waals surface area contributed by atoms with Gasteiger partial charge in [-0.1, -0.05) is 85.2 Å². The van der Waals surface area contributed by atoms with Crippen molar-refractivity contribution in [1.82, 2.24) is 30.3 Å². The van der Waals surface area contributed by atoms with Gasteiger partial charge in [-0.2, -0.15) is 0 Å². The predicted molar refractivity (Wildman–Crippen MR) is 224 cm³/mol. The Labute approximate surface area is 345 Å². The quantitative estimate of drug-likeness (QED) is 0.154. The van der Waals surface area contributed by atoms with Crippen LogP contribution in [-0.4, -0.2) is 127 Å². The van der Waals surface area contributed by atoms with E-state index in [1.807, 2.05) is 95.8 Å². The lowest BCUT2D eigenvalue weighted by Gasteiger charge is -2.41. The van der Waals surface area contributed by atoms with Crippen LogP contribution in [-0.2, 0) is 41.7 Å². The summed E-state index contributed by atoms with van der Waals surface area (Å²) in [4.78, 5) is 66.0. The van der Waals surface area contributed by atoms with Gasteiger partial charge in [-0.15, -0.1) is 11.3 Å². The van der Waals surface area contributed by atoms with E-state index in [-0.39, 0.29) is 60.5 Å². The van der Waals surface area contributed by atoms with Gasteiger partial charge in [0, 0.05) is 33.2 Å². The fourth-order valence-electron chi connectivity index (χ4n) is 8.32. The van der Waals surface area contributed by atoms with Crippen LogP contribution in [0.1, 0.15) is 96.5 Å². The Kier molecular flexibility index (Phi) is 19.0. The van der Waals surface area contributed by atoms with Crippen molar-refractivity contribution in [1.29, 1.82) is 0 Å². The van der Waals surface area contributed by atoms with E-state index < -0.39 is 42.3 Å². The van der Waals surface area contributed by atoms with E-state index in [9.17, 15) is 24.3 Å². The first-order chi connectivity index (χ1) is 27.0. The van der Waals surface area contributed by atoms with Crippen molar-refractivity contribution in [2.75, 3.05) is 41.9 Å². The molecule has 0 unspecified atom stereocenters. The number of likely N-dealkylation sites (N-methyl/N-ethyl adjacent to an activating group) is 2. The number of carbonyl (C=O) groups excluding carboxylic acids is 4. The Morgan fingerprint density at radius 1 is 0.965 bits per heavy atom. The van der Waals surface area contributed by atoms with Crippen LogP contribution in [0.3, 0.4) is 0 Å². The minimum Gasteiger partial charge on any atom is -0.390 e. The smallest absolute Gasteiger partial charge is 0.245 e. The van der Waals surface area contributed by atoms with Crippen molar-refractivity contribution >= 4 is 35.0 Å². The number of benzene rings is 1. The Morgan fingerprint density at radius 3 is 2.16 bits per heavy atom. The Bertz CT molecular complexity index is 1560. The van der Waals surface area contributed by atoms with Crippen molar-refractivity contribution in [3.8, 4) is 0 Å². The zero-order chi connectivity index (χ0) is 42.6. The molecular weight excluding hydrogens is 745 g/mol. The maximum atomic E-state index is 14.3. The summed E-state index contributed by atoms with van der Waals surface area (Å²) in [5.41, 5.74) is 1.59. The van der Waals surface area contributed by atoms with Gasteiger partial charge in [0.2, 0.25) is 23.6 Å². The molecule has 1 aromatic heterocycles. The molecule has 4 amide bonds. The Balaban J connectivity index is 1.81. The number of aliphatic hydroxyl groups excluding tert-OH is 1. The molecule has 320 valence electrons. The fraction of sp³-hybridized carbons (Fsp3) is 0.698. The topological polar surface area (TPSA) is 154 Å². The molecule has 0 radical (unpaired) electrons. The summed E-state index contributed by atoms with van der Waals surface area (Å²) in [5.74, 6) is -1.54. The molecule has 13 nitrogen and oxygen atoms in total. The number of rotatable bonds is 22. The fourth-order valence-corrected chi connectivity index (χ4v) is 9.18. The number of nitrogens with one attached hydrogen (secondary N) is 2. The molecule has 2 aromatic rings. The van der Waals surface area contributed by atoms with Gasteiger partial charge >= 0.3 is 0 Å². The second-order valence-corrected chi connectivity index (χ2v) is 17.4.